The summed E-state index contributed by atoms with van der Waals surface area (Å²) in [6.07, 6.45) is 0.789. The third-order valence-corrected chi connectivity index (χ3v) is 6.56. The molecule has 7 nitrogen and oxygen atoms in total. The molecule has 178 valence electrons. The van der Waals surface area contributed by atoms with E-state index >= 15 is 0 Å². The highest BCUT2D eigenvalue weighted by Gasteiger charge is 2.38. The molecule has 0 spiro atoms. The number of carbonyl (C=O) groups excluding carboxylic acids is 2. The van der Waals surface area contributed by atoms with Crippen LogP contribution in [-0.2, 0) is 14.3 Å². The summed E-state index contributed by atoms with van der Waals surface area (Å²) in [6.45, 7) is -0.282. The molecule has 2 aliphatic carbocycles. The van der Waals surface area contributed by atoms with Gasteiger partial charge >= 0.3 is 12.1 Å². The lowest BCUT2D eigenvalue weighted by molar-refractivity contribution is -0.145. The summed E-state index contributed by atoms with van der Waals surface area (Å²) in [5.74, 6) is -1.64. The van der Waals surface area contributed by atoms with Crippen molar-refractivity contribution >= 4 is 18.0 Å². The number of nitrogens with zero attached hydrogens (tertiary/aromatic N) is 1. The van der Waals surface area contributed by atoms with E-state index in [1.165, 1.54) is 4.90 Å². The lowest BCUT2D eigenvalue weighted by Crippen LogP contribution is -2.46. The number of alkyl carbamates (subject to hydrolysis) is 1. The first-order chi connectivity index (χ1) is 17.0. The minimum Gasteiger partial charge on any atom is -0.480 e. The van der Waals surface area contributed by atoms with Gasteiger partial charge in [-0.25, -0.2) is 4.79 Å². The summed E-state index contributed by atoms with van der Waals surface area (Å²) in [7, 11) is 0. The third kappa shape index (κ3) is 4.75. The third-order valence-electron chi connectivity index (χ3n) is 6.56. The number of rotatable bonds is 8. The van der Waals surface area contributed by atoms with Gasteiger partial charge in [-0.3, -0.25) is 9.59 Å². The maximum atomic E-state index is 13.4. The van der Waals surface area contributed by atoms with Gasteiger partial charge in [0.15, 0.2) is 0 Å². The van der Waals surface area contributed by atoms with Crippen LogP contribution in [0.15, 0.2) is 78.9 Å². The molecular formula is C28H26N2O5. The van der Waals surface area contributed by atoms with Gasteiger partial charge in [0.2, 0.25) is 0 Å². The Morgan fingerprint density at radius 3 is 2.03 bits per heavy atom. The van der Waals surface area contributed by atoms with E-state index < -0.39 is 30.6 Å². The Morgan fingerprint density at radius 2 is 1.46 bits per heavy atom. The first-order valence-corrected chi connectivity index (χ1v) is 11.7. The number of aliphatic carboxylic acids is 1. The molecule has 1 atom stereocenters. The summed E-state index contributed by atoms with van der Waals surface area (Å²) in [5.41, 5.74) is 5.02. The van der Waals surface area contributed by atoms with Crippen LogP contribution in [0.4, 0.5) is 4.79 Å². The van der Waals surface area contributed by atoms with Crippen LogP contribution in [0.2, 0.25) is 0 Å². The van der Waals surface area contributed by atoms with E-state index in [9.17, 15) is 19.5 Å². The Kier molecular flexibility index (Phi) is 6.23. The second kappa shape index (κ2) is 9.62. The predicted octanol–water partition coefficient (Wildman–Crippen LogP) is 4.34. The van der Waals surface area contributed by atoms with Crippen LogP contribution < -0.4 is 5.32 Å². The van der Waals surface area contributed by atoms with E-state index in [1.807, 2.05) is 42.5 Å². The van der Waals surface area contributed by atoms with Gasteiger partial charge in [0.1, 0.15) is 19.2 Å². The maximum absolute atomic E-state index is 13.4. The van der Waals surface area contributed by atoms with E-state index in [-0.39, 0.29) is 18.6 Å². The quantitative estimate of drug-likeness (QED) is 0.511. The van der Waals surface area contributed by atoms with Gasteiger partial charge < -0.3 is 20.1 Å². The van der Waals surface area contributed by atoms with Crippen molar-refractivity contribution in [3.05, 3.63) is 95.6 Å². The molecule has 3 aromatic carbocycles. The molecule has 1 saturated carbocycles. The van der Waals surface area contributed by atoms with E-state index in [0.29, 0.717) is 5.56 Å². The molecule has 2 N–H and O–H groups in total. The number of fused-ring (bicyclic) bond motifs is 3. The largest absolute Gasteiger partial charge is 0.480 e. The highest BCUT2D eigenvalue weighted by Crippen LogP contribution is 2.44. The van der Waals surface area contributed by atoms with Gasteiger partial charge in [-0.15, -0.1) is 0 Å². The molecule has 0 heterocycles. The Morgan fingerprint density at radius 1 is 0.886 bits per heavy atom. The van der Waals surface area contributed by atoms with Crippen molar-refractivity contribution in [1.82, 2.24) is 10.2 Å². The highest BCUT2D eigenvalue weighted by molar-refractivity contribution is 5.89. The number of carboxylic acids is 1. The van der Waals surface area contributed by atoms with Crippen molar-refractivity contribution in [3.63, 3.8) is 0 Å². The van der Waals surface area contributed by atoms with Crippen LogP contribution >= 0.6 is 0 Å². The first-order valence-electron chi connectivity index (χ1n) is 11.7. The molecule has 2 amide bonds. The fraction of sp³-hybridized carbons (Fsp3) is 0.250. The molecular weight excluding hydrogens is 444 g/mol. The highest BCUT2D eigenvalue weighted by atomic mass is 16.5. The molecule has 3 aromatic rings. The van der Waals surface area contributed by atoms with Crippen LogP contribution in [0, 0.1) is 0 Å². The van der Waals surface area contributed by atoms with Gasteiger partial charge in [0.25, 0.3) is 5.91 Å². The van der Waals surface area contributed by atoms with Crippen molar-refractivity contribution in [2.45, 2.75) is 30.8 Å². The van der Waals surface area contributed by atoms with E-state index in [1.54, 1.807) is 24.3 Å². The smallest absolute Gasteiger partial charge is 0.408 e. The van der Waals surface area contributed by atoms with Gasteiger partial charge in [-0.1, -0.05) is 78.9 Å². The maximum Gasteiger partial charge on any atom is 0.408 e. The van der Waals surface area contributed by atoms with Gasteiger partial charge in [0.05, 0.1) is 0 Å². The topological polar surface area (TPSA) is 95.9 Å². The Labute approximate surface area is 203 Å². The van der Waals surface area contributed by atoms with Crippen molar-refractivity contribution in [1.29, 1.82) is 0 Å². The fourth-order valence-electron chi connectivity index (χ4n) is 4.78. The Hall–Kier alpha value is -4.13. The zero-order valence-corrected chi connectivity index (χ0v) is 19.1. The van der Waals surface area contributed by atoms with E-state index in [2.05, 4.69) is 17.4 Å². The normalized spacial score (nSPS) is 15.0. The number of carbonyl (C=O) groups is 3. The molecule has 1 unspecified atom stereocenters. The number of hydrogen-bond donors (Lipinski definition) is 2. The second-order valence-corrected chi connectivity index (χ2v) is 8.90. The summed E-state index contributed by atoms with van der Waals surface area (Å²) in [6, 6.07) is 23.8. The van der Waals surface area contributed by atoms with Crippen LogP contribution in [0.25, 0.3) is 11.1 Å². The molecule has 35 heavy (non-hydrogen) atoms. The van der Waals surface area contributed by atoms with Crippen LogP contribution in [-0.4, -0.2) is 47.2 Å². The molecule has 0 radical (unpaired) electrons. The number of hydrogen-bond acceptors (Lipinski definition) is 4. The SMILES string of the molecule is O=C(O)CN(C(=O)C(NC(=O)OCC1c2ccccc2-c2ccccc21)c1ccccc1)C1CC1. The van der Waals surface area contributed by atoms with Crippen molar-refractivity contribution in [2.75, 3.05) is 13.2 Å². The zero-order valence-electron chi connectivity index (χ0n) is 19.1. The summed E-state index contributed by atoms with van der Waals surface area (Å²) < 4.78 is 5.64. The molecule has 7 heteroatoms. The zero-order chi connectivity index (χ0) is 24.4. The molecule has 0 aromatic heterocycles. The van der Waals surface area contributed by atoms with Crippen molar-refractivity contribution in [2.24, 2.45) is 0 Å². The number of benzene rings is 3. The Balaban J connectivity index is 1.33. The van der Waals surface area contributed by atoms with Gasteiger partial charge in [0, 0.05) is 12.0 Å². The fourth-order valence-corrected chi connectivity index (χ4v) is 4.78. The number of nitrogens with one attached hydrogen (secondary N) is 1. The molecule has 1 fully saturated rings. The minimum atomic E-state index is -1.08. The first kappa shape index (κ1) is 22.7. The number of carboxylic acid groups (broad SMARTS) is 1. The average molecular weight is 471 g/mol. The van der Waals surface area contributed by atoms with Gasteiger partial charge in [-0.2, -0.15) is 0 Å². The monoisotopic (exact) mass is 470 g/mol. The van der Waals surface area contributed by atoms with E-state index in [0.717, 1.165) is 35.1 Å². The summed E-state index contributed by atoms with van der Waals surface area (Å²) in [4.78, 5) is 39.0. The van der Waals surface area contributed by atoms with Crippen molar-refractivity contribution in [3.8, 4) is 11.1 Å². The standard InChI is InChI=1S/C28H26N2O5/c31-25(32)16-30(19-14-15-19)27(33)26(18-8-2-1-3-9-18)29-28(34)35-17-24-22-12-6-4-10-20(22)21-11-5-7-13-23(21)24/h1-13,19,24,26H,14-17H2,(H,29,34)(H,31,32). The molecule has 2 aliphatic rings. The molecule has 5 rings (SSSR count). The average Bonchev–Trinajstić information content (AvgIpc) is 3.67. The number of ether oxygens (including phenoxy) is 1. The van der Waals surface area contributed by atoms with Crippen LogP contribution in [0.1, 0.15) is 41.5 Å². The Bertz CT molecular complexity index is 1210. The van der Waals surface area contributed by atoms with E-state index in [4.69, 9.17) is 4.74 Å². The lowest BCUT2D eigenvalue weighted by atomic mass is 9.98. The predicted molar refractivity (Wildman–Crippen MR) is 130 cm³/mol. The molecule has 0 bridgehead atoms. The molecule has 0 aliphatic heterocycles. The van der Waals surface area contributed by atoms with Crippen LogP contribution in [0.5, 0.6) is 0 Å². The second-order valence-electron chi connectivity index (χ2n) is 8.90. The van der Waals surface area contributed by atoms with Crippen LogP contribution in [0.3, 0.4) is 0 Å². The van der Waals surface area contributed by atoms with Crippen molar-refractivity contribution < 1.29 is 24.2 Å². The summed E-state index contributed by atoms with van der Waals surface area (Å²) in [5, 5.41) is 12.0. The lowest BCUT2D eigenvalue weighted by Gasteiger charge is -2.27. The minimum absolute atomic E-state index is 0.103. The summed E-state index contributed by atoms with van der Waals surface area (Å²) >= 11 is 0. The van der Waals surface area contributed by atoms with Gasteiger partial charge in [-0.05, 0) is 40.7 Å². The number of amides is 2. The molecule has 0 saturated heterocycles.